The van der Waals surface area contributed by atoms with Crippen LogP contribution >= 0.6 is 11.3 Å². The number of hydrogen-bond acceptors (Lipinski definition) is 6. The van der Waals surface area contributed by atoms with Crippen molar-refractivity contribution >= 4 is 11.3 Å². The first-order valence-electron chi connectivity index (χ1n) is 10.5. The molecule has 0 radical (unpaired) electrons. The zero-order valence-electron chi connectivity index (χ0n) is 17.2. The van der Waals surface area contributed by atoms with Crippen molar-refractivity contribution in [3.63, 3.8) is 0 Å². The second-order valence-electron chi connectivity index (χ2n) is 7.87. The Morgan fingerprint density at radius 3 is 2.80 bits per heavy atom. The standard InChI is InChI=1S/C24H26N2O3S/c1-17-4-7-20(8-5-17)29-15-24-25-19(16-30-24)14-26-10-2-3-21(26)18-6-9-22-23(13-18)28-12-11-27-22/h4-9,13,16,21H,2-3,10-12,14-15H2,1H3. The van der Waals surface area contributed by atoms with Gasteiger partial charge in [-0.15, -0.1) is 11.3 Å². The normalized spacial score (nSPS) is 18.5. The molecule has 5 rings (SSSR count). The molecule has 0 spiro atoms. The van der Waals surface area contributed by atoms with Gasteiger partial charge >= 0.3 is 0 Å². The summed E-state index contributed by atoms with van der Waals surface area (Å²) in [5.41, 5.74) is 3.65. The maximum Gasteiger partial charge on any atom is 0.161 e. The second-order valence-corrected chi connectivity index (χ2v) is 8.81. The van der Waals surface area contributed by atoms with Gasteiger partial charge in [0.1, 0.15) is 30.6 Å². The van der Waals surface area contributed by atoms with Gasteiger partial charge in [0.15, 0.2) is 11.5 Å². The molecule has 0 saturated carbocycles. The highest BCUT2D eigenvalue weighted by Gasteiger charge is 2.28. The van der Waals surface area contributed by atoms with Gasteiger partial charge in [0.2, 0.25) is 0 Å². The molecular formula is C24H26N2O3S. The molecule has 1 aromatic heterocycles. The summed E-state index contributed by atoms with van der Waals surface area (Å²) in [7, 11) is 0. The summed E-state index contributed by atoms with van der Waals surface area (Å²) in [5.74, 6) is 2.61. The van der Waals surface area contributed by atoms with Gasteiger partial charge < -0.3 is 14.2 Å². The first-order valence-corrected chi connectivity index (χ1v) is 11.4. The van der Waals surface area contributed by atoms with Crippen molar-refractivity contribution in [3.05, 3.63) is 69.7 Å². The number of aryl methyl sites for hydroxylation is 1. The lowest BCUT2D eigenvalue weighted by Crippen LogP contribution is -2.23. The number of hydrogen-bond donors (Lipinski definition) is 0. The van der Waals surface area contributed by atoms with Crippen LogP contribution in [0.1, 0.15) is 40.7 Å². The summed E-state index contributed by atoms with van der Waals surface area (Å²) < 4.78 is 17.3. The van der Waals surface area contributed by atoms with Crippen molar-refractivity contribution in [3.8, 4) is 17.2 Å². The van der Waals surface area contributed by atoms with Gasteiger partial charge in [-0.25, -0.2) is 4.98 Å². The lowest BCUT2D eigenvalue weighted by atomic mass is 10.0. The van der Waals surface area contributed by atoms with Crippen molar-refractivity contribution in [2.75, 3.05) is 19.8 Å². The summed E-state index contributed by atoms with van der Waals surface area (Å²) >= 11 is 1.67. The highest BCUT2D eigenvalue weighted by atomic mass is 32.1. The molecule has 156 valence electrons. The number of thiazole rings is 1. The quantitative estimate of drug-likeness (QED) is 0.550. The third-order valence-electron chi connectivity index (χ3n) is 5.66. The van der Waals surface area contributed by atoms with Crippen molar-refractivity contribution in [2.24, 2.45) is 0 Å². The predicted octanol–water partition coefficient (Wildman–Crippen LogP) is 5.14. The molecule has 1 atom stereocenters. The van der Waals surface area contributed by atoms with E-state index in [1.54, 1.807) is 11.3 Å². The summed E-state index contributed by atoms with van der Waals surface area (Å²) in [5, 5.41) is 3.17. The largest absolute Gasteiger partial charge is 0.486 e. The van der Waals surface area contributed by atoms with Crippen LogP contribution in [-0.2, 0) is 13.2 Å². The third-order valence-corrected chi connectivity index (χ3v) is 6.53. The van der Waals surface area contributed by atoms with E-state index in [1.165, 1.54) is 17.5 Å². The van der Waals surface area contributed by atoms with Crippen LogP contribution in [-0.4, -0.2) is 29.6 Å². The molecule has 1 fully saturated rings. The number of rotatable bonds is 6. The van der Waals surface area contributed by atoms with Crippen molar-refractivity contribution < 1.29 is 14.2 Å². The van der Waals surface area contributed by atoms with Crippen LogP contribution in [0.2, 0.25) is 0 Å². The van der Waals surface area contributed by atoms with Crippen LogP contribution in [0, 0.1) is 6.92 Å². The van der Waals surface area contributed by atoms with E-state index in [0.717, 1.165) is 47.5 Å². The van der Waals surface area contributed by atoms with Crippen LogP contribution in [0.25, 0.3) is 0 Å². The van der Waals surface area contributed by atoms with Crippen molar-refractivity contribution in [1.82, 2.24) is 9.88 Å². The fraction of sp³-hybridized carbons (Fsp3) is 0.375. The Kier molecular flexibility index (Phi) is 5.60. The van der Waals surface area contributed by atoms with Gasteiger partial charge in [-0.3, -0.25) is 4.90 Å². The smallest absolute Gasteiger partial charge is 0.161 e. The monoisotopic (exact) mass is 422 g/mol. The van der Waals surface area contributed by atoms with E-state index in [1.807, 2.05) is 18.2 Å². The molecule has 1 saturated heterocycles. The van der Waals surface area contributed by atoms with Gasteiger partial charge in [-0.2, -0.15) is 0 Å². The van der Waals surface area contributed by atoms with Gasteiger partial charge in [0.05, 0.1) is 5.69 Å². The van der Waals surface area contributed by atoms with Crippen LogP contribution < -0.4 is 14.2 Å². The first-order chi connectivity index (χ1) is 14.7. The van der Waals surface area contributed by atoms with Gasteiger partial charge in [0.25, 0.3) is 0 Å². The number of likely N-dealkylation sites (tertiary alicyclic amines) is 1. The third kappa shape index (κ3) is 4.30. The van der Waals surface area contributed by atoms with Crippen LogP contribution in [0.3, 0.4) is 0 Å². The number of benzene rings is 2. The first kappa shape index (κ1) is 19.4. The molecule has 3 aromatic rings. The Morgan fingerprint density at radius 1 is 1.10 bits per heavy atom. The summed E-state index contributed by atoms with van der Waals surface area (Å²) in [4.78, 5) is 7.33. The maximum atomic E-state index is 5.88. The van der Waals surface area contributed by atoms with E-state index in [0.29, 0.717) is 25.9 Å². The molecule has 6 heteroatoms. The lowest BCUT2D eigenvalue weighted by molar-refractivity contribution is 0.170. The van der Waals surface area contributed by atoms with E-state index in [-0.39, 0.29) is 0 Å². The number of ether oxygens (including phenoxy) is 3. The van der Waals surface area contributed by atoms with Gasteiger partial charge in [-0.1, -0.05) is 23.8 Å². The molecule has 5 nitrogen and oxygen atoms in total. The average molecular weight is 423 g/mol. The molecular weight excluding hydrogens is 396 g/mol. The number of aromatic nitrogens is 1. The van der Waals surface area contributed by atoms with Gasteiger partial charge in [0, 0.05) is 18.0 Å². The lowest BCUT2D eigenvalue weighted by Gasteiger charge is -2.26. The highest BCUT2D eigenvalue weighted by Crippen LogP contribution is 2.38. The zero-order valence-corrected chi connectivity index (χ0v) is 18.0. The summed E-state index contributed by atoms with van der Waals surface area (Å²) in [6.45, 7) is 5.79. The highest BCUT2D eigenvalue weighted by molar-refractivity contribution is 7.09. The zero-order chi connectivity index (χ0) is 20.3. The Labute approximate surface area is 181 Å². The van der Waals surface area contributed by atoms with E-state index in [2.05, 4.69) is 41.5 Å². The SMILES string of the molecule is Cc1ccc(OCc2nc(CN3CCCC3c3ccc4c(c3)OCCO4)cs2)cc1. The molecule has 1 unspecified atom stereocenters. The van der Waals surface area contributed by atoms with E-state index in [9.17, 15) is 0 Å². The average Bonchev–Trinajstić information content (AvgIpc) is 3.43. The second kappa shape index (κ2) is 8.66. The molecule has 0 amide bonds. The summed E-state index contributed by atoms with van der Waals surface area (Å²) in [6.07, 6.45) is 2.36. The fourth-order valence-electron chi connectivity index (χ4n) is 4.14. The topological polar surface area (TPSA) is 43.8 Å². The maximum absolute atomic E-state index is 5.88. The molecule has 2 aliphatic rings. The minimum atomic E-state index is 0.398. The molecule has 0 aliphatic carbocycles. The van der Waals surface area contributed by atoms with Crippen molar-refractivity contribution in [2.45, 2.75) is 39.0 Å². The Hall–Kier alpha value is -2.57. The molecule has 2 aliphatic heterocycles. The minimum absolute atomic E-state index is 0.398. The minimum Gasteiger partial charge on any atom is -0.486 e. The van der Waals surface area contributed by atoms with Crippen LogP contribution in [0.15, 0.2) is 47.8 Å². The predicted molar refractivity (Wildman–Crippen MR) is 117 cm³/mol. The van der Waals surface area contributed by atoms with E-state index < -0.39 is 0 Å². The fourth-order valence-corrected chi connectivity index (χ4v) is 4.83. The Bertz CT molecular complexity index is 1000. The molecule has 2 aromatic carbocycles. The van der Waals surface area contributed by atoms with Crippen molar-refractivity contribution in [1.29, 1.82) is 0 Å². The van der Waals surface area contributed by atoms with Crippen LogP contribution in [0.5, 0.6) is 17.2 Å². The molecule has 0 bridgehead atoms. The number of fused-ring (bicyclic) bond motifs is 1. The van der Waals surface area contributed by atoms with E-state index >= 15 is 0 Å². The molecule has 3 heterocycles. The molecule has 0 N–H and O–H groups in total. The van der Waals surface area contributed by atoms with E-state index in [4.69, 9.17) is 19.2 Å². The van der Waals surface area contributed by atoms with Crippen LogP contribution in [0.4, 0.5) is 0 Å². The number of nitrogens with zero attached hydrogens (tertiary/aromatic N) is 2. The summed E-state index contributed by atoms with van der Waals surface area (Å²) in [6, 6.07) is 14.9. The molecule has 30 heavy (non-hydrogen) atoms. The Balaban J connectivity index is 1.22. The Morgan fingerprint density at radius 2 is 1.93 bits per heavy atom. The van der Waals surface area contributed by atoms with Gasteiger partial charge in [-0.05, 0) is 56.1 Å².